The molecular formula is C7H11NO. The maximum Gasteiger partial charge on any atom is 0.0823 e. The summed E-state index contributed by atoms with van der Waals surface area (Å²) in [6.45, 7) is 0. The molecule has 0 radical (unpaired) electrons. The van der Waals surface area contributed by atoms with E-state index in [0.717, 1.165) is 12.8 Å². The monoisotopic (exact) mass is 125 g/mol. The van der Waals surface area contributed by atoms with Crippen LogP contribution in [0.15, 0.2) is 0 Å². The predicted octanol–water partition coefficient (Wildman–Crippen LogP) is 0.126. The van der Waals surface area contributed by atoms with Crippen LogP contribution in [0.3, 0.4) is 0 Å². The molecule has 0 unspecified atom stereocenters. The lowest BCUT2D eigenvalue weighted by molar-refractivity contribution is 0.00685. The zero-order valence-electron chi connectivity index (χ0n) is 5.55. The largest absolute Gasteiger partial charge is 0.381 e. The van der Waals surface area contributed by atoms with Gasteiger partial charge in [-0.2, -0.15) is 0 Å². The van der Waals surface area contributed by atoms with Gasteiger partial charge in [0.1, 0.15) is 0 Å². The van der Waals surface area contributed by atoms with Crippen molar-refractivity contribution in [2.24, 2.45) is 5.73 Å². The van der Waals surface area contributed by atoms with E-state index in [1.807, 2.05) is 0 Å². The van der Waals surface area contributed by atoms with Gasteiger partial charge >= 0.3 is 0 Å². The molecule has 2 heteroatoms. The van der Waals surface area contributed by atoms with Crippen LogP contribution in [0.25, 0.3) is 0 Å². The van der Waals surface area contributed by atoms with E-state index in [1.54, 1.807) is 7.11 Å². The van der Waals surface area contributed by atoms with Gasteiger partial charge in [0.2, 0.25) is 0 Å². The van der Waals surface area contributed by atoms with Crippen molar-refractivity contribution in [2.45, 2.75) is 24.5 Å². The normalized spacial score (nSPS) is 41.2. The van der Waals surface area contributed by atoms with Gasteiger partial charge in [0, 0.05) is 20.0 Å². The van der Waals surface area contributed by atoms with Gasteiger partial charge in [0.25, 0.3) is 0 Å². The first-order chi connectivity index (χ1) is 4.20. The quantitative estimate of drug-likeness (QED) is 0.505. The van der Waals surface area contributed by atoms with E-state index in [2.05, 4.69) is 5.92 Å². The Morgan fingerprint density at radius 2 is 2.33 bits per heavy atom. The van der Waals surface area contributed by atoms with E-state index < -0.39 is 0 Å². The average Bonchev–Trinajstić information content (AvgIpc) is 1.81. The van der Waals surface area contributed by atoms with Gasteiger partial charge < -0.3 is 10.5 Å². The average molecular weight is 125 g/mol. The molecule has 2 nitrogen and oxygen atoms in total. The van der Waals surface area contributed by atoms with Crippen LogP contribution in [-0.4, -0.2) is 18.8 Å². The van der Waals surface area contributed by atoms with Crippen LogP contribution in [0.2, 0.25) is 0 Å². The molecule has 0 aromatic heterocycles. The van der Waals surface area contributed by atoms with Gasteiger partial charge in [0.05, 0.1) is 11.6 Å². The number of rotatable bonds is 1. The SMILES string of the molecule is C#CC1(N)CC(OC)C1. The van der Waals surface area contributed by atoms with Gasteiger partial charge in [-0.25, -0.2) is 0 Å². The van der Waals surface area contributed by atoms with Crippen molar-refractivity contribution >= 4 is 0 Å². The summed E-state index contributed by atoms with van der Waals surface area (Å²) in [6.07, 6.45) is 7.06. The van der Waals surface area contributed by atoms with E-state index in [1.165, 1.54) is 0 Å². The molecule has 1 rings (SSSR count). The fourth-order valence-corrected chi connectivity index (χ4v) is 1.04. The van der Waals surface area contributed by atoms with Gasteiger partial charge in [-0.3, -0.25) is 0 Å². The van der Waals surface area contributed by atoms with Gasteiger partial charge in [-0.15, -0.1) is 6.42 Å². The van der Waals surface area contributed by atoms with Crippen LogP contribution in [0.4, 0.5) is 0 Å². The fourth-order valence-electron chi connectivity index (χ4n) is 1.04. The second-order valence-corrected chi connectivity index (χ2v) is 2.57. The summed E-state index contributed by atoms with van der Waals surface area (Å²) in [5, 5.41) is 0. The first-order valence-corrected chi connectivity index (χ1v) is 2.99. The highest BCUT2D eigenvalue weighted by Crippen LogP contribution is 2.30. The Morgan fingerprint density at radius 1 is 1.78 bits per heavy atom. The van der Waals surface area contributed by atoms with Crippen LogP contribution in [-0.2, 0) is 4.74 Å². The summed E-state index contributed by atoms with van der Waals surface area (Å²) in [6, 6.07) is 0. The Hall–Kier alpha value is -0.520. The Morgan fingerprint density at radius 3 is 2.67 bits per heavy atom. The van der Waals surface area contributed by atoms with Crippen LogP contribution >= 0.6 is 0 Å². The van der Waals surface area contributed by atoms with Crippen molar-refractivity contribution in [2.75, 3.05) is 7.11 Å². The minimum Gasteiger partial charge on any atom is -0.381 e. The van der Waals surface area contributed by atoms with Gasteiger partial charge in [-0.05, 0) is 0 Å². The number of ether oxygens (including phenoxy) is 1. The maximum absolute atomic E-state index is 5.65. The topological polar surface area (TPSA) is 35.2 Å². The Bertz CT molecular complexity index is 141. The molecule has 0 amide bonds. The van der Waals surface area contributed by atoms with Crippen molar-refractivity contribution in [1.82, 2.24) is 0 Å². The van der Waals surface area contributed by atoms with E-state index in [0.29, 0.717) is 6.10 Å². The lowest BCUT2D eigenvalue weighted by Gasteiger charge is -2.39. The molecule has 0 aromatic carbocycles. The highest BCUT2D eigenvalue weighted by molar-refractivity contribution is 5.18. The summed E-state index contributed by atoms with van der Waals surface area (Å²) in [7, 11) is 1.68. The molecule has 2 N–H and O–H groups in total. The van der Waals surface area contributed by atoms with Crippen molar-refractivity contribution in [1.29, 1.82) is 0 Å². The molecule has 0 atom stereocenters. The number of terminal acetylenes is 1. The van der Waals surface area contributed by atoms with E-state index in [9.17, 15) is 0 Å². The highest BCUT2D eigenvalue weighted by Gasteiger charge is 2.39. The van der Waals surface area contributed by atoms with Crippen molar-refractivity contribution < 1.29 is 4.74 Å². The van der Waals surface area contributed by atoms with E-state index in [-0.39, 0.29) is 5.54 Å². The number of methoxy groups -OCH3 is 1. The Kier molecular flexibility index (Phi) is 1.48. The third-order valence-electron chi connectivity index (χ3n) is 1.80. The summed E-state index contributed by atoms with van der Waals surface area (Å²) in [5.74, 6) is 2.54. The molecular weight excluding hydrogens is 114 g/mol. The van der Waals surface area contributed by atoms with Crippen LogP contribution in [0.5, 0.6) is 0 Å². The standard InChI is InChI=1S/C7H11NO/c1-3-7(8)4-6(5-7)9-2/h1,6H,4-5,8H2,2H3. The van der Waals surface area contributed by atoms with Crippen LogP contribution in [0, 0.1) is 12.3 Å². The van der Waals surface area contributed by atoms with Crippen molar-refractivity contribution in [3.63, 3.8) is 0 Å². The minimum absolute atomic E-state index is 0.297. The molecule has 0 heterocycles. The fraction of sp³-hybridized carbons (Fsp3) is 0.714. The summed E-state index contributed by atoms with van der Waals surface area (Å²) < 4.78 is 5.01. The highest BCUT2D eigenvalue weighted by atomic mass is 16.5. The number of nitrogens with two attached hydrogens (primary N) is 1. The molecule has 0 aromatic rings. The van der Waals surface area contributed by atoms with Crippen molar-refractivity contribution in [3.05, 3.63) is 0 Å². The third kappa shape index (κ3) is 1.07. The summed E-state index contributed by atoms with van der Waals surface area (Å²) in [4.78, 5) is 0. The lowest BCUT2D eigenvalue weighted by atomic mass is 9.76. The summed E-state index contributed by atoms with van der Waals surface area (Å²) in [5.41, 5.74) is 5.29. The first kappa shape index (κ1) is 6.60. The second kappa shape index (κ2) is 2.02. The Balaban J connectivity index is 2.35. The van der Waals surface area contributed by atoms with E-state index >= 15 is 0 Å². The zero-order valence-corrected chi connectivity index (χ0v) is 5.55. The zero-order chi connectivity index (χ0) is 6.91. The van der Waals surface area contributed by atoms with Crippen molar-refractivity contribution in [3.8, 4) is 12.3 Å². The maximum atomic E-state index is 5.65. The smallest absolute Gasteiger partial charge is 0.0823 e. The molecule has 0 bridgehead atoms. The molecule has 0 saturated heterocycles. The molecule has 9 heavy (non-hydrogen) atoms. The van der Waals surface area contributed by atoms with Gasteiger partial charge in [-0.1, -0.05) is 5.92 Å². The molecule has 1 fully saturated rings. The molecule has 1 saturated carbocycles. The molecule has 50 valence electrons. The number of hydrogen-bond donors (Lipinski definition) is 1. The molecule has 0 aliphatic heterocycles. The Labute approximate surface area is 55.4 Å². The third-order valence-corrected chi connectivity index (χ3v) is 1.80. The van der Waals surface area contributed by atoms with E-state index in [4.69, 9.17) is 16.9 Å². The predicted molar refractivity (Wildman–Crippen MR) is 35.8 cm³/mol. The summed E-state index contributed by atoms with van der Waals surface area (Å²) >= 11 is 0. The first-order valence-electron chi connectivity index (χ1n) is 2.99. The molecule has 0 spiro atoms. The van der Waals surface area contributed by atoms with Gasteiger partial charge in [0.15, 0.2) is 0 Å². The minimum atomic E-state index is -0.360. The second-order valence-electron chi connectivity index (χ2n) is 2.57. The number of hydrogen-bond acceptors (Lipinski definition) is 2. The molecule has 1 aliphatic rings. The van der Waals surface area contributed by atoms with Crippen LogP contribution in [0.1, 0.15) is 12.8 Å². The molecule has 1 aliphatic carbocycles. The lowest BCUT2D eigenvalue weighted by Crippen LogP contribution is -2.53. The van der Waals surface area contributed by atoms with Crippen LogP contribution < -0.4 is 5.73 Å².